The molecule has 0 atom stereocenters. The minimum Gasteiger partial charge on any atom is -0.545 e. The molecule has 0 fully saturated rings. The van der Waals surface area contributed by atoms with Crippen molar-refractivity contribution in [3.63, 3.8) is 0 Å². The van der Waals surface area contributed by atoms with Gasteiger partial charge in [0.25, 0.3) is 0 Å². The molecule has 0 aliphatic carbocycles. The van der Waals surface area contributed by atoms with Crippen LogP contribution in [-0.4, -0.2) is 11.9 Å². The molecule has 5 heteroatoms. The zero-order chi connectivity index (χ0) is 16.9. The second kappa shape index (κ2) is 9.21. The van der Waals surface area contributed by atoms with E-state index in [1.54, 1.807) is 38.1 Å². The Morgan fingerprint density at radius 2 is 1.00 bits per heavy atom. The van der Waals surface area contributed by atoms with Crippen LogP contribution in [0.1, 0.15) is 43.0 Å². The molecule has 0 unspecified atom stereocenters. The molecular formula is C18H18O4Zn. The summed E-state index contributed by atoms with van der Waals surface area (Å²) in [4.78, 5) is 20.9. The zero-order valence-corrected chi connectivity index (χ0v) is 16.8. The smallest absolute Gasteiger partial charge is 0.545 e. The molecule has 0 heterocycles. The molecule has 4 nitrogen and oxygen atoms in total. The van der Waals surface area contributed by atoms with Crippen molar-refractivity contribution in [2.75, 3.05) is 0 Å². The van der Waals surface area contributed by atoms with Gasteiger partial charge < -0.3 is 19.8 Å². The molecular weight excluding hydrogens is 346 g/mol. The number of hydrogen-bond donors (Lipinski definition) is 0. The number of aryl methyl sites for hydroxylation is 2. The van der Waals surface area contributed by atoms with Gasteiger partial charge in [-0.05, 0) is 49.9 Å². The monoisotopic (exact) mass is 362 g/mol. The molecule has 0 spiro atoms. The van der Waals surface area contributed by atoms with E-state index >= 15 is 0 Å². The predicted molar refractivity (Wildman–Crippen MR) is 80.5 cm³/mol. The summed E-state index contributed by atoms with van der Waals surface area (Å²) in [5, 5.41) is 20.9. The third kappa shape index (κ3) is 5.61. The topological polar surface area (TPSA) is 80.3 Å². The van der Waals surface area contributed by atoms with Gasteiger partial charge >= 0.3 is 19.5 Å². The molecule has 116 valence electrons. The molecule has 0 bridgehead atoms. The van der Waals surface area contributed by atoms with Crippen LogP contribution in [0, 0.1) is 27.7 Å². The van der Waals surface area contributed by atoms with Crippen molar-refractivity contribution in [2.45, 2.75) is 27.7 Å². The zero-order valence-electron chi connectivity index (χ0n) is 13.8. The van der Waals surface area contributed by atoms with Gasteiger partial charge in [0.05, 0.1) is 11.9 Å². The van der Waals surface area contributed by atoms with Crippen LogP contribution in [0.5, 0.6) is 0 Å². The van der Waals surface area contributed by atoms with E-state index in [4.69, 9.17) is 0 Å². The van der Waals surface area contributed by atoms with Gasteiger partial charge in [-0.15, -0.1) is 0 Å². The van der Waals surface area contributed by atoms with Crippen molar-refractivity contribution in [3.8, 4) is 0 Å². The minimum absolute atomic E-state index is 0. The van der Waals surface area contributed by atoms with Crippen molar-refractivity contribution in [1.29, 1.82) is 0 Å². The van der Waals surface area contributed by atoms with Crippen molar-refractivity contribution < 1.29 is 39.3 Å². The molecule has 0 aliphatic rings. The standard InChI is InChI=1S/2C9H10O2.Zn/c2*1-6-4-3-5-8(7(6)2)9(10)11;/h2*3-5H,1-2H3,(H,10,11);/q;;+2/p-2. The maximum absolute atomic E-state index is 10.5. The number of hydrogen-bond acceptors (Lipinski definition) is 4. The van der Waals surface area contributed by atoms with Gasteiger partial charge in [-0.2, -0.15) is 0 Å². The number of carbonyl (C=O) groups excluding carboxylic acids is 2. The molecule has 0 N–H and O–H groups in total. The van der Waals surface area contributed by atoms with E-state index in [-0.39, 0.29) is 30.6 Å². The van der Waals surface area contributed by atoms with Crippen LogP contribution in [0.3, 0.4) is 0 Å². The van der Waals surface area contributed by atoms with E-state index in [1.165, 1.54) is 0 Å². The molecule has 0 aromatic heterocycles. The van der Waals surface area contributed by atoms with E-state index in [2.05, 4.69) is 0 Å². The van der Waals surface area contributed by atoms with Gasteiger partial charge in [-0.3, -0.25) is 0 Å². The Morgan fingerprint density at radius 1 is 0.696 bits per heavy atom. The van der Waals surface area contributed by atoms with Gasteiger partial charge in [-0.1, -0.05) is 36.4 Å². The first-order chi connectivity index (χ1) is 10.3. The summed E-state index contributed by atoms with van der Waals surface area (Å²) in [5.41, 5.74) is 4.09. The Morgan fingerprint density at radius 3 is 1.22 bits per heavy atom. The fourth-order valence-electron chi connectivity index (χ4n) is 1.94. The minimum atomic E-state index is -1.11. The van der Waals surface area contributed by atoms with E-state index < -0.39 is 11.9 Å². The molecule has 2 aromatic carbocycles. The Labute approximate surface area is 148 Å². The number of carboxylic acids is 2. The van der Waals surface area contributed by atoms with Gasteiger partial charge in [-0.25, -0.2) is 0 Å². The Bertz CT molecular complexity index is 647. The number of aromatic carboxylic acids is 2. The molecule has 23 heavy (non-hydrogen) atoms. The molecule has 0 saturated carbocycles. The van der Waals surface area contributed by atoms with Gasteiger partial charge in [0.1, 0.15) is 0 Å². The first kappa shape index (κ1) is 21.0. The molecule has 0 amide bonds. The van der Waals surface area contributed by atoms with Crippen LogP contribution < -0.4 is 10.2 Å². The normalized spacial score (nSPS) is 9.22. The molecule has 0 radical (unpaired) electrons. The SMILES string of the molecule is Cc1cccc(C(=O)[O-])c1C.Cc1cccc(C(=O)[O-])c1C.[Zn+2]. The second-order valence-corrected chi connectivity index (χ2v) is 5.07. The van der Waals surface area contributed by atoms with Crippen molar-refractivity contribution >= 4 is 11.9 Å². The molecule has 2 aromatic rings. The average Bonchev–Trinajstić information content (AvgIpc) is 2.45. The largest absolute Gasteiger partial charge is 2.00 e. The van der Waals surface area contributed by atoms with Crippen molar-refractivity contribution in [2.24, 2.45) is 0 Å². The summed E-state index contributed by atoms with van der Waals surface area (Å²) in [5.74, 6) is -2.21. The summed E-state index contributed by atoms with van der Waals surface area (Å²) in [7, 11) is 0. The molecule has 2 rings (SSSR count). The van der Waals surface area contributed by atoms with Gasteiger partial charge in [0.15, 0.2) is 0 Å². The third-order valence-electron chi connectivity index (χ3n) is 3.65. The Balaban J connectivity index is 0.000000403. The fraction of sp³-hybridized carbons (Fsp3) is 0.222. The maximum Gasteiger partial charge on any atom is 2.00 e. The van der Waals surface area contributed by atoms with Crippen LogP contribution in [0.25, 0.3) is 0 Å². The first-order valence-corrected chi connectivity index (χ1v) is 6.80. The van der Waals surface area contributed by atoms with Gasteiger partial charge in [0, 0.05) is 11.1 Å². The second-order valence-electron chi connectivity index (χ2n) is 5.07. The Hall–Kier alpha value is -2.00. The van der Waals surface area contributed by atoms with E-state index in [0.717, 1.165) is 22.3 Å². The van der Waals surface area contributed by atoms with E-state index in [0.29, 0.717) is 0 Å². The first-order valence-electron chi connectivity index (χ1n) is 6.80. The summed E-state index contributed by atoms with van der Waals surface area (Å²) in [6.07, 6.45) is 0. The summed E-state index contributed by atoms with van der Waals surface area (Å²) >= 11 is 0. The summed E-state index contributed by atoms with van der Waals surface area (Å²) in [6.45, 7) is 7.31. The van der Waals surface area contributed by atoms with Crippen molar-refractivity contribution in [3.05, 3.63) is 69.8 Å². The Kier molecular flexibility index (Phi) is 8.41. The summed E-state index contributed by atoms with van der Waals surface area (Å²) < 4.78 is 0. The summed E-state index contributed by atoms with van der Waals surface area (Å²) in [6, 6.07) is 10.3. The van der Waals surface area contributed by atoms with E-state index in [1.807, 2.05) is 26.0 Å². The van der Waals surface area contributed by atoms with Crippen LogP contribution in [-0.2, 0) is 19.5 Å². The molecule has 0 saturated heterocycles. The number of rotatable bonds is 2. The third-order valence-corrected chi connectivity index (χ3v) is 3.65. The average molecular weight is 364 g/mol. The number of carboxylic acid groups (broad SMARTS) is 2. The van der Waals surface area contributed by atoms with Crippen LogP contribution in [0.4, 0.5) is 0 Å². The predicted octanol–water partition coefficient (Wildman–Crippen LogP) is 1.33. The van der Waals surface area contributed by atoms with Crippen LogP contribution in [0.2, 0.25) is 0 Å². The van der Waals surface area contributed by atoms with Crippen LogP contribution in [0.15, 0.2) is 36.4 Å². The number of carbonyl (C=O) groups is 2. The quantitative estimate of drug-likeness (QED) is 0.754. The maximum atomic E-state index is 10.5. The van der Waals surface area contributed by atoms with Gasteiger partial charge in [0.2, 0.25) is 0 Å². The van der Waals surface area contributed by atoms with Crippen molar-refractivity contribution in [1.82, 2.24) is 0 Å². The fourth-order valence-corrected chi connectivity index (χ4v) is 1.94. The molecule has 0 aliphatic heterocycles. The van der Waals surface area contributed by atoms with Crippen LogP contribution >= 0.6 is 0 Å². The van der Waals surface area contributed by atoms with E-state index in [9.17, 15) is 19.8 Å². The number of benzene rings is 2.